The zero-order valence-electron chi connectivity index (χ0n) is 11.1. The van der Waals surface area contributed by atoms with Crippen LogP contribution in [0.2, 0.25) is 0 Å². The zero-order chi connectivity index (χ0) is 14.2. The van der Waals surface area contributed by atoms with Crippen molar-refractivity contribution in [3.8, 4) is 0 Å². The number of thiazole rings is 1. The van der Waals surface area contributed by atoms with Crippen molar-refractivity contribution in [2.45, 2.75) is 23.8 Å². The molecular formula is C12H16N4O2S2. The summed E-state index contributed by atoms with van der Waals surface area (Å²) >= 11 is 1.65. The average Bonchev–Trinajstić information content (AvgIpc) is 3.08. The predicted octanol–water partition coefficient (Wildman–Crippen LogP) is 1.26. The third-order valence-corrected chi connectivity index (χ3v) is 5.46. The minimum absolute atomic E-state index is 0.204. The van der Waals surface area contributed by atoms with E-state index in [0.29, 0.717) is 4.90 Å². The van der Waals surface area contributed by atoms with Gasteiger partial charge in [0.15, 0.2) is 9.84 Å². The fraction of sp³-hybridized carbons (Fsp3) is 0.500. The second kappa shape index (κ2) is 5.27. The van der Waals surface area contributed by atoms with Crippen molar-refractivity contribution in [1.82, 2.24) is 20.1 Å². The summed E-state index contributed by atoms with van der Waals surface area (Å²) in [6.45, 7) is 2.69. The van der Waals surface area contributed by atoms with E-state index in [2.05, 4.69) is 20.1 Å². The summed E-state index contributed by atoms with van der Waals surface area (Å²) < 4.78 is 23.5. The van der Waals surface area contributed by atoms with Crippen LogP contribution in [0.25, 0.3) is 0 Å². The molecule has 0 amide bonds. The van der Waals surface area contributed by atoms with Crippen molar-refractivity contribution in [3.05, 3.63) is 28.5 Å². The zero-order valence-corrected chi connectivity index (χ0v) is 12.7. The fourth-order valence-corrected chi connectivity index (χ4v) is 4.12. The van der Waals surface area contributed by atoms with E-state index in [1.54, 1.807) is 11.3 Å². The van der Waals surface area contributed by atoms with Crippen LogP contribution in [0, 0.1) is 0 Å². The molecule has 1 aliphatic heterocycles. The van der Waals surface area contributed by atoms with Crippen LogP contribution in [0.1, 0.15) is 22.9 Å². The van der Waals surface area contributed by atoms with E-state index >= 15 is 0 Å². The topological polar surface area (TPSA) is 79.0 Å². The van der Waals surface area contributed by atoms with E-state index < -0.39 is 9.84 Å². The van der Waals surface area contributed by atoms with Crippen molar-refractivity contribution in [3.63, 3.8) is 0 Å². The van der Waals surface area contributed by atoms with Gasteiger partial charge in [0.05, 0.1) is 17.4 Å². The molecule has 0 unspecified atom stereocenters. The molecule has 1 aliphatic rings. The van der Waals surface area contributed by atoms with Crippen LogP contribution in [-0.2, 0) is 16.4 Å². The minimum Gasteiger partial charge on any atom is -0.298 e. The van der Waals surface area contributed by atoms with Crippen molar-refractivity contribution in [2.75, 3.05) is 19.3 Å². The van der Waals surface area contributed by atoms with Gasteiger partial charge in [0.25, 0.3) is 0 Å². The van der Waals surface area contributed by atoms with E-state index in [0.717, 1.165) is 31.7 Å². The maximum Gasteiger partial charge on any atom is 0.178 e. The standard InChI is InChI=1S/C12H16N4O2S2/c1-20(17,18)11-5-14-15-12(11)9-2-3-16(6-9)7-10-4-13-8-19-10/h4-5,8-9H,2-3,6-7H2,1H3,(H,14,15)/t9-/m1/s1. The van der Waals surface area contributed by atoms with Crippen LogP contribution in [-0.4, -0.2) is 47.8 Å². The van der Waals surface area contributed by atoms with Gasteiger partial charge in [0.1, 0.15) is 4.90 Å². The third-order valence-electron chi connectivity index (χ3n) is 3.58. The summed E-state index contributed by atoms with van der Waals surface area (Å²) in [6.07, 6.45) is 5.47. The minimum atomic E-state index is -3.22. The lowest BCUT2D eigenvalue weighted by molar-refractivity contribution is 0.328. The molecule has 8 heteroatoms. The van der Waals surface area contributed by atoms with E-state index in [9.17, 15) is 8.42 Å². The molecule has 0 aromatic carbocycles. The molecule has 3 rings (SSSR count). The molecule has 1 N–H and O–H groups in total. The van der Waals surface area contributed by atoms with Gasteiger partial charge in [0, 0.05) is 36.3 Å². The lowest BCUT2D eigenvalue weighted by Gasteiger charge is -2.14. The van der Waals surface area contributed by atoms with Gasteiger partial charge < -0.3 is 0 Å². The SMILES string of the molecule is CS(=O)(=O)c1cn[nH]c1[C@@H]1CCN(Cc2cncs2)C1. The highest BCUT2D eigenvalue weighted by Crippen LogP contribution is 2.31. The first-order valence-corrected chi connectivity index (χ1v) is 9.14. The fourth-order valence-electron chi connectivity index (χ4n) is 2.63. The number of rotatable bonds is 4. The van der Waals surface area contributed by atoms with Crippen LogP contribution in [0.5, 0.6) is 0 Å². The number of hydrogen-bond donors (Lipinski definition) is 1. The van der Waals surface area contributed by atoms with Crippen LogP contribution >= 0.6 is 11.3 Å². The van der Waals surface area contributed by atoms with Crippen molar-refractivity contribution < 1.29 is 8.42 Å². The molecule has 3 heterocycles. The number of nitrogens with zero attached hydrogens (tertiary/aromatic N) is 3. The first kappa shape index (κ1) is 13.7. The Morgan fingerprint density at radius 1 is 1.50 bits per heavy atom. The van der Waals surface area contributed by atoms with Gasteiger partial charge in [-0.2, -0.15) is 5.10 Å². The molecule has 1 fully saturated rings. The molecule has 1 atom stereocenters. The molecule has 2 aromatic heterocycles. The van der Waals surface area contributed by atoms with Gasteiger partial charge in [-0.05, 0) is 13.0 Å². The number of hydrogen-bond acceptors (Lipinski definition) is 6. The van der Waals surface area contributed by atoms with Gasteiger partial charge in [0.2, 0.25) is 0 Å². The summed E-state index contributed by atoms with van der Waals surface area (Å²) in [6, 6.07) is 0. The normalized spacial score (nSPS) is 20.6. The second-order valence-corrected chi connectivity index (χ2v) is 8.06. The van der Waals surface area contributed by atoms with Crippen molar-refractivity contribution >= 4 is 21.2 Å². The highest BCUT2D eigenvalue weighted by atomic mass is 32.2. The molecule has 0 aliphatic carbocycles. The molecule has 20 heavy (non-hydrogen) atoms. The lowest BCUT2D eigenvalue weighted by atomic mass is 10.1. The molecule has 0 bridgehead atoms. The summed E-state index contributed by atoms with van der Waals surface area (Å²) in [4.78, 5) is 7.97. The number of likely N-dealkylation sites (tertiary alicyclic amines) is 1. The van der Waals surface area contributed by atoms with Crippen LogP contribution in [0.3, 0.4) is 0 Å². The van der Waals surface area contributed by atoms with E-state index in [1.807, 2.05) is 11.7 Å². The maximum absolute atomic E-state index is 11.7. The lowest BCUT2D eigenvalue weighted by Crippen LogP contribution is -2.19. The first-order chi connectivity index (χ1) is 9.54. The van der Waals surface area contributed by atoms with Crippen LogP contribution < -0.4 is 0 Å². The molecule has 0 spiro atoms. The van der Waals surface area contributed by atoms with E-state index in [1.165, 1.54) is 17.3 Å². The average molecular weight is 312 g/mol. The monoisotopic (exact) mass is 312 g/mol. The highest BCUT2D eigenvalue weighted by Gasteiger charge is 2.29. The smallest absolute Gasteiger partial charge is 0.178 e. The summed E-state index contributed by atoms with van der Waals surface area (Å²) in [7, 11) is -3.22. The highest BCUT2D eigenvalue weighted by molar-refractivity contribution is 7.90. The molecule has 1 saturated heterocycles. The molecular weight excluding hydrogens is 296 g/mol. The molecule has 0 radical (unpaired) electrons. The van der Waals surface area contributed by atoms with Crippen LogP contribution in [0.15, 0.2) is 22.8 Å². The Labute approximate surface area is 121 Å². The summed E-state index contributed by atoms with van der Waals surface area (Å²) in [5.74, 6) is 0.204. The molecule has 2 aromatic rings. The van der Waals surface area contributed by atoms with Gasteiger partial charge in [-0.1, -0.05) is 0 Å². The Bertz CT molecular complexity index is 678. The Morgan fingerprint density at radius 3 is 3.05 bits per heavy atom. The van der Waals surface area contributed by atoms with Crippen molar-refractivity contribution in [2.24, 2.45) is 0 Å². The number of aromatic amines is 1. The third kappa shape index (κ3) is 2.77. The van der Waals surface area contributed by atoms with Gasteiger partial charge in [-0.25, -0.2) is 8.42 Å². The number of sulfone groups is 1. The Kier molecular flexibility index (Phi) is 3.61. The second-order valence-electron chi connectivity index (χ2n) is 5.11. The maximum atomic E-state index is 11.7. The summed E-state index contributed by atoms with van der Waals surface area (Å²) in [5.41, 5.74) is 2.58. The Hall–Kier alpha value is -1.25. The molecule has 0 saturated carbocycles. The quantitative estimate of drug-likeness (QED) is 0.919. The summed E-state index contributed by atoms with van der Waals surface area (Å²) in [5, 5.41) is 6.77. The van der Waals surface area contributed by atoms with Gasteiger partial charge >= 0.3 is 0 Å². The van der Waals surface area contributed by atoms with Gasteiger partial charge in [-0.15, -0.1) is 11.3 Å². The van der Waals surface area contributed by atoms with Crippen molar-refractivity contribution in [1.29, 1.82) is 0 Å². The van der Waals surface area contributed by atoms with E-state index in [4.69, 9.17) is 0 Å². The Balaban J connectivity index is 1.73. The first-order valence-electron chi connectivity index (χ1n) is 6.37. The number of aromatic nitrogens is 3. The Morgan fingerprint density at radius 2 is 2.35 bits per heavy atom. The predicted molar refractivity (Wildman–Crippen MR) is 76.4 cm³/mol. The van der Waals surface area contributed by atoms with Crippen LogP contribution in [0.4, 0.5) is 0 Å². The molecule has 6 nitrogen and oxygen atoms in total. The number of H-pyrrole nitrogens is 1. The largest absolute Gasteiger partial charge is 0.298 e. The number of nitrogens with one attached hydrogen (secondary N) is 1. The molecule has 108 valence electrons. The van der Waals surface area contributed by atoms with E-state index in [-0.39, 0.29) is 5.92 Å². The van der Waals surface area contributed by atoms with Gasteiger partial charge in [-0.3, -0.25) is 15.0 Å².